The summed E-state index contributed by atoms with van der Waals surface area (Å²) in [6, 6.07) is 5.02. The van der Waals surface area contributed by atoms with Gasteiger partial charge in [0.2, 0.25) is 0 Å². The Kier molecular flexibility index (Phi) is 5.76. The van der Waals surface area contributed by atoms with Crippen LogP contribution in [-0.4, -0.2) is 17.6 Å². The van der Waals surface area contributed by atoms with Crippen molar-refractivity contribution in [2.24, 2.45) is 11.7 Å². The number of rotatable bonds is 7. The molecule has 0 aliphatic heterocycles. The van der Waals surface area contributed by atoms with Crippen molar-refractivity contribution in [3.8, 4) is 5.75 Å². The van der Waals surface area contributed by atoms with Crippen LogP contribution in [0.25, 0.3) is 0 Å². The van der Waals surface area contributed by atoms with E-state index >= 15 is 0 Å². The Morgan fingerprint density at radius 1 is 1.42 bits per heavy atom. The quantitative estimate of drug-likeness (QED) is 0.608. The number of benzene rings is 1. The Morgan fingerprint density at radius 2 is 2.11 bits per heavy atom. The number of ether oxygens (including phenoxy) is 1. The van der Waals surface area contributed by atoms with Crippen LogP contribution in [0.2, 0.25) is 0 Å². The van der Waals surface area contributed by atoms with Crippen molar-refractivity contribution >= 4 is 5.69 Å². The van der Waals surface area contributed by atoms with Crippen molar-refractivity contribution < 1.29 is 9.66 Å². The van der Waals surface area contributed by atoms with Crippen LogP contribution in [0.5, 0.6) is 5.75 Å². The fourth-order valence-corrected chi connectivity index (χ4v) is 1.67. The standard InChI is InChI=1S/C14H22N2O3/c1-4-7-19-14-9-11(8-12(15)10(2)3)5-6-13(14)16(17)18/h5-6,9-10,12H,4,7-8,15H2,1-3H3. The topological polar surface area (TPSA) is 78.4 Å². The molecule has 1 atom stereocenters. The normalized spacial score (nSPS) is 12.5. The third-order valence-corrected chi connectivity index (χ3v) is 3.01. The molecule has 0 spiro atoms. The molecule has 0 aromatic heterocycles. The van der Waals surface area contributed by atoms with E-state index in [4.69, 9.17) is 10.5 Å². The maximum Gasteiger partial charge on any atom is 0.310 e. The van der Waals surface area contributed by atoms with Crippen LogP contribution in [0, 0.1) is 16.0 Å². The molecule has 0 aliphatic rings. The van der Waals surface area contributed by atoms with Gasteiger partial charge in [-0.05, 0) is 30.4 Å². The van der Waals surface area contributed by atoms with Crippen LogP contribution in [-0.2, 0) is 6.42 Å². The molecule has 0 heterocycles. The molecule has 19 heavy (non-hydrogen) atoms. The smallest absolute Gasteiger partial charge is 0.310 e. The molecule has 1 aromatic rings. The Labute approximate surface area is 113 Å². The summed E-state index contributed by atoms with van der Waals surface area (Å²) in [5.41, 5.74) is 7.00. The third kappa shape index (κ3) is 4.52. The highest BCUT2D eigenvalue weighted by molar-refractivity contribution is 5.48. The number of hydrogen-bond acceptors (Lipinski definition) is 4. The van der Waals surface area contributed by atoms with Crippen molar-refractivity contribution in [3.05, 3.63) is 33.9 Å². The van der Waals surface area contributed by atoms with Gasteiger partial charge in [-0.3, -0.25) is 10.1 Å². The zero-order chi connectivity index (χ0) is 14.4. The number of nitrogens with two attached hydrogens (primary N) is 1. The first-order valence-electron chi connectivity index (χ1n) is 6.61. The molecule has 106 valence electrons. The first kappa shape index (κ1) is 15.4. The van der Waals surface area contributed by atoms with E-state index in [1.165, 1.54) is 6.07 Å². The predicted molar refractivity (Wildman–Crippen MR) is 75.4 cm³/mol. The molecular formula is C14H22N2O3. The highest BCUT2D eigenvalue weighted by atomic mass is 16.6. The van der Waals surface area contributed by atoms with Crippen molar-refractivity contribution in [1.29, 1.82) is 0 Å². The fourth-order valence-electron chi connectivity index (χ4n) is 1.67. The highest BCUT2D eigenvalue weighted by Crippen LogP contribution is 2.28. The minimum atomic E-state index is -0.419. The van der Waals surface area contributed by atoms with Gasteiger partial charge in [-0.1, -0.05) is 26.8 Å². The summed E-state index contributed by atoms with van der Waals surface area (Å²) in [5.74, 6) is 0.704. The minimum absolute atomic E-state index is 0.00955. The number of nitro benzene ring substituents is 1. The average Bonchev–Trinajstić information content (AvgIpc) is 2.35. The molecule has 1 aromatic carbocycles. The Bertz CT molecular complexity index is 433. The van der Waals surface area contributed by atoms with Gasteiger partial charge in [0, 0.05) is 12.1 Å². The van der Waals surface area contributed by atoms with E-state index in [2.05, 4.69) is 13.8 Å². The lowest BCUT2D eigenvalue weighted by Gasteiger charge is -2.16. The third-order valence-electron chi connectivity index (χ3n) is 3.01. The van der Waals surface area contributed by atoms with Crippen LogP contribution in [0.4, 0.5) is 5.69 Å². The summed E-state index contributed by atoms with van der Waals surface area (Å²) in [6.45, 7) is 6.56. The van der Waals surface area contributed by atoms with Gasteiger partial charge in [0.1, 0.15) is 0 Å². The van der Waals surface area contributed by atoms with Gasteiger partial charge < -0.3 is 10.5 Å². The van der Waals surface area contributed by atoms with Crippen LogP contribution in [0.3, 0.4) is 0 Å². The number of nitro groups is 1. The molecule has 1 rings (SSSR count). The van der Waals surface area contributed by atoms with Crippen LogP contribution >= 0.6 is 0 Å². The van der Waals surface area contributed by atoms with Crippen molar-refractivity contribution in [2.75, 3.05) is 6.61 Å². The second kappa shape index (κ2) is 7.09. The molecule has 5 nitrogen and oxygen atoms in total. The lowest BCUT2D eigenvalue weighted by Crippen LogP contribution is -2.28. The van der Waals surface area contributed by atoms with Crippen LogP contribution in [0.1, 0.15) is 32.8 Å². The summed E-state index contributed by atoms with van der Waals surface area (Å²) >= 11 is 0. The first-order chi connectivity index (χ1) is 8.95. The minimum Gasteiger partial charge on any atom is -0.487 e. The summed E-state index contributed by atoms with van der Waals surface area (Å²) in [5, 5.41) is 10.9. The van der Waals surface area contributed by atoms with E-state index < -0.39 is 4.92 Å². The Morgan fingerprint density at radius 3 is 2.63 bits per heavy atom. The highest BCUT2D eigenvalue weighted by Gasteiger charge is 2.17. The average molecular weight is 266 g/mol. The fraction of sp³-hybridized carbons (Fsp3) is 0.571. The predicted octanol–water partition coefficient (Wildman–Crippen LogP) is 2.91. The zero-order valence-electron chi connectivity index (χ0n) is 11.8. The summed E-state index contributed by atoms with van der Waals surface area (Å²) in [6.07, 6.45) is 1.50. The maximum absolute atomic E-state index is 10.9. The molecule has 0 bridgehead atoms. The molecule has 0 radical (unpaired) electrons. The van der Waals surface area contributed by atoms with E-state index in [1.54, 1.807) is 12.1 Å². The summed E-state index contributed by atoms with van der Waals surface area (Å²) in [4.78, 5) is 10.5. The van der Waals surface area contributed by atoms with Crippen LogP contribution in [0.15, 0.2) is 18.2 Å². The van der Waals surface area contributed by atoms with Crippen molar-refractivity contribution in [1.82, 2.24) is 0 Å². The SMILES string of the molecule is CCCOc1cc(CC(N)C(C)C)ccc1[N+](=O)[O-]. The summed E-state index contributed by atoms with van der Waals surface area (Å²) in [7, 11) is 0. The van der Waals surface area contributed by atoms with Gasteiger partial charge in [-0.15, -0.1) is 0 Å². The maximum atomic E-state index is 10.9. The monoisotopic (exact) mass is 266 g/mol. The second-order valence-corrected chi connectivity index (χ2v) is 5.02. The lowest BCUT2D eigenvalue weighted by atomic mass is 9.97. The van der Waals surface area contributed by atoms with E-state index in [-0.39, 0.29) is 11.7 Å². The van der Waals surface area contributed by atoms with Crippen molar-refractivity contribution in [3.63, 3.8) is 0 Å². The van der Waals surface area contributed by atoms with Gasteiger partial charge in [0.05, 0.1) is 11.5 Å². The molecule has 0 fully saturated rings. The molecule has 5 heteroatoms. The molecule has 0 aliphatic carbocycles. The van der Waals surface area contributed by atoms with Gasteiger partial charge in [-0.2, -0.15) is 0 Å². The second-order valence-electron chi connectivity index (χ2n) is 5.02. The number of hydrogen-bond donors (Lipinski definition) is 1. The first-order valence-corrected chi connectivity index (χ1v) is 6.61. The zero-order valence-corrected chi connectivity index (χ0v) is 11.8. The Balaban J connectivity index is 2.93. The van der Waals surface area contributed by atoms with E-state index in [1.807, 2.05) is 6.92 Å². The Hall–Kier alpha value is -1.62. The summed E-state index contributed by atoms with van der Waals surface area (Å²) < 4.78 is 5.45. The molecule has 2 N–H and O–H groups in total. The van der Waals surface area contributed by atoms with E-state index in [9.17, 15) is 10.1 Å². The lowest BCUT2D eigenvalue weighted by molar-refractivity contribution is -0.385. The molecule has 0 amide bonds. The largest absolute Gasteiger partial charge is 0.487 e. The molecule has 1 unspecified atom stereocenters. The van der Waals surface area contributed by atoms with Crippen molar-refractivity contribution in [2.45, 2.75) is 39.7 Å². The van der Waals surface area contributed by atoms with Gasteiger partial charge in [-0.25, -0.2) is 0 Å². The van der Waals surface area contributed by atoms with Gasteiger partial charge in [0.15, 0.2) is 5.75 Å². The van der Waals surface area contributed by atoms with E-state index in [0.29, 0.717) is 24.7 Å². The molecular weight excluding hydrogens is 244 g/mol. The van der Waals surface area contributed by atoms with E-state index in [0.717, 1.165) is 12.0 Å². The molecule has 0 saturated carbocycles. The number of nitrogens with zero attached hydrogens (tertiary/aromatic N) is 1. The molecule has 0 saturated heterocycles. The van der Waals surface area contributed by atoms with Gasteiger partial charge in [0.25, 0.3) is 0 Å². The van der Waals surface area contributed by atoms with Crippen LogP contribution < -0.4 is 10.5 Å². The van der Waals surface area contributed by atoms with Gasteiger partial charge >= 0.3 is 5.69 Å².